The Balaban J connectivity index is 2.51. The van der Waals surface area contributed by atoms with Gasteiger partial charge in [-0.05, 0) is 13.0 Å². The molecule has 3 nitrogen and oxygen atoms in total. The third-order valence-corrected chi connectivity index (χ3v) is 1.33. The van der Waals surface area contributed by atoms with Crippen molar-refractivity contribution < 1.29 is 4.84 Å². The van der Waals surface area contributed by atoms with E-state index in [4.69, 9.17) is 4.84 Å². The molecule has 0 aliphatic heterocycles. The molecule has 60 valence electrons. The Morgan fingerprint density at radius 2 is 2.36 bits per heavy atom. The number of nitrogens with zero attached hydrogens (tertiary/aromatic N) is 2. The Labute approximate surface area is 66.6 Å². The molecule has 0 aromatic carbocycles. The Morgan fingerprint density at radius 1 is 1.55 bits per heavy atom. The summed E-state index contributed by atoms with van der Waals surface area (Å²) in [6, 6.07) is 5.58. The maximum Gasteiger partial charge on any atom is 0.238 e. The molecule has 1 aromatic heterocycles. The van der Waals surface area contributed by atoms with E-state index in [-0.39, 0.29) is 0 Å². The molecule has 0 unspecified atom stereocenters. The van der Waals surface area contributed by atoms with Crippen molar-refractivity contribution in [2.24, 2.45) is 0 Å². The zero-order chi connectivity index (χ0) is 8.10. The van der Waals surface area contributed by atoms with Gasteiger partial charge in [-0.2, -0.15) is 0 Å². The Kier molecular flexibility index (Phi) is 2.86. The van der Waals surface area contributed by atoms with Crippen molar-refractivity contribution in [3.05, 3.63) is 24.4 Å². The van der Waals surface area contributed by atoms with Crippen LogP contribution in [-0.4, -0.2) is 23.6 Å². The molecule has 0 spiro atoms. The van der Waals surface area contributed by atoms with Crippen LogP contribution in [0.2, 0.25) is 0 Å². The van der Waals surface area contributed by atoms with E-state index in [9.17, 15) is 0 Å². The predicted molar refractivity (Wildman–Crippen MR) is 43.2 cm³/mol. The lowest BCUT2D eigenvalue weighted by molar-refractivity contribution is -0.0309. The van der Waals surface area contributed by atoms with Crippen molar-refractivity contribution in [3.8, 4) is 5.88 Å². The average Bonchev–Trinajstić information content (AvgIpc) is 2.06. The van der Waals surface area contributed by atoms with E-state index in [1.54, 1.807) is 11.3 Å². The van der Waals surface area contributed by atoms with Crippen molar-refractivity contribution in [1.29, 1.82) is 0 Å². The van der Waals surface area contributed by atoms with E-state index in [1.165, 1.54) is 0 Å². The summed E-state index contributed by atoms with van der Waals surface area (Å²) in [4.78, 5) is 9.29. The van der Waals surface area contributed by atoms with Gasteiger partial charge in [-0.1, -0.05) is 6.07 Å². The molecule has 0 atom stereocenters. The van der Waals surface area contributed by atoms with Gasteiger partial charge in [0, 0.05) is 25.9 Å². The van der Waals surface area contributed by atoms with Crippen molar-refractivity contribution >= 4 is 0 Å². The Hall–Kier alpha value is -1.09. The third kappa shape index (κ3) is 2.55. The zero-order valence-corrected chi connectivity index (χ0v) is 6.82. The van der Waals surface area contributed by atoms with E-state index >= 15 is 0 Å². The minimum atomic E-state index is 0.636. The van der Waals surface area contributed by atoms with Crippen LogP contribution < -0.4 is 4.84 Å². The Morgan fingerprint density at radius 3 is 2.91 bits per heavy atom. The van der Waals surface area contributed by atoms with Gasteiger partial charge in [0.05, 0.1) is 0 Å². The van der Waals surface area contributed by atoms with Crippen LogP contribution in [0.3, 0.4) is 0 Å². The molecule has 0 N–H and O–H groups in total. The number of pyridine rings is 1. The number of aromatic nitrogens is 1. The monoisotopic (exact) mass is 152 g/mol. The molecule has 11 heavy (non-hydrogen) atoms. The summed E-state index contributed by atoms with van der Waals surface area (Å²) < 4.78 is 0. The summed E-state index contributed by atoms with van der Waals surface area (Å²) in [6.45, 7) is 2.86. The van der Waals surface area contributed by atoms with Crippen molar-refractivity contribution in [3.63, 3.8) is 0 Å². The van der Waals surface area contributed by atoms with E-state index in [0.717, 1.165) is 6.54 Å². The number of hydrogen-bond donors (Lipinski definition) is 0. The fraction of sp³-hybridized carbons (Fsp3) is 0.375. The smallest absolute Gasteiger partial charge is 0.238 e. The van der Waals surface area contributed by atoms with Gasteiger partial charge in [0.25, 0.3) is 0 Å². The van der Waals surface area contributed by atoms with Crippen LogP contribution in [0.1, 0.15) is 6.92 Å². The molecule has 1 rings (SSSR count). The quantitative estimate of drug-likeness (QED) is 0.611. The zero-order valence-electron chi connectivity index (χ0n) is 6.82. The molecule has 0 bridgehead atoms. The normalized spacial score (nSPS) is 10.1. The van der Waals surface area contributed by atoms with Crippen LogP contribution in [-0.2, 0) is 0 Å². The van der Waals surface area contributed by atoms with Crippen LogP contribution in [0.25, 0.3) is 0 Å². The summed E-state index contributed by atoms with van der Waals surface area (Å²) >= 11 is 0. The van der Waals surface area contributed by atoms with Gasteiger partial charge in [-0.3, -0.25) is 0 Å². The predicted octanol–water partition coefficient (Wildman–Crippen LogP) is 1.33. The fourth-order valence-corrected chi connectivity index (χ4v) is 0.625. The van der Waals surface area contributed by atoms with Crippen LogP contribution >= 0.6 is 0 Å². The highest BCUT2D eigenvalue weighted by molar-refractivity contribution is 5.08. The number of rotatable bonds is 3. The molecule has 0 saturated heterocycles. The minimum absolute atomic E-state index is 0.636. The highest BCUT2D eigenvalue weighted by Gasteiger charge is 1.96. The van der Waals surface area contributed by atoms with E-state index in [2.05, 4.69) is 4.98 Å². The average molecular weight is 152 g/mol. The second kappa shape index (κ2) is 3.93. The molecule has 0 aliphatic rings. The largest absolute Gasteiger partial charge is 0.386 e. The molecule has 0 radical (unpaired) electrons. The minimum Gasteiger partial charge on any atom is -0.386 e. The second-order valence-electron chi connectivity index (χ2n) is 2.20. The molecular formula is C8H12N2O. The van der Waals surface area contributed by atoms with Crippen molar-refractivity contribution in [1.82, 2.24) is 10.0 Å². The first-order valence-corrected chi connectivity index (χ1v) is 3.63. The van der Waals surface area contributed by atoms with Gasteiger partial charge in [0.2, 0.25) is 5.88 Å². The fourth-order valence-electron chi connectivity index (χ4n) is 0.625. The third-order valence-electron chi connectivity index (χ3n) is 1.33. The highest BCUT2D eigenvalue weighted by atomic mass is 16.7. The lowest BCUT2D eigenvalue weighted by Crippen LogP contribution is -2.22. The van der Waals surface area contributed by atoms with E-state index < -0.39 is 0 Å². The van der Waals surface area contributed by atoms with Crippen molar-refractivity contribution in [2.75, 3.05) is 13.6 Å². The van der Waals surface area contributed by atoms with E-state index in [0.29, 0.717) is 5.88 Å². The first-order valence-electron chi connectivity index (χ1n) is 3.63. The van der Waals surface area contributed by atoms with Crippen LogP contribution in [0, 0.1) is 0 Å². The topological polar surface area (TPSA) is 25.4 Å². The number of hydroxylamine groups is 2. The maximum atomic E-state index is 5.29. The van der Waals surface area contributed by atoms with E-state index in [1.807, 2.05) is 32.2 Å². The molecule has 0 amide bonds. The molecule has 3 heteroatoms. The lowest BCUT2D eigenvalue weighted by atomic mass is 10.5. The maximum absolute atomic E-state index is 5.29. The SMILES string of the molecule is CCN(C)Oc1ccccn1. The summed E-state index contributed by atoms with van der Waals surface area (Å²) in [7, 11) is 1.87. The summed E-state index contributed by atoms with van der Waals surface area (Å²) in [5, 5.41) is 1.72. The van der Waals surface area contributed by atoms with Crippen LogP contribution in [0.5, 0.6) is 5.88 Å². The lowest BCUT2D eigenvalue weighted by Gasteiger charge is -2.13. The molecule has 0 aliphatic carbocycles. The van der Waals surface area contributed by atoms with Gasteiger partial charge in [0.1, 0.15) is 0 Å². The van der Waals surface area contributed by atoms with Gasteiger partial charge < -0.3 is 4.84 Å². The van der Waals surface area contributed by atoms with Crippen LogP contribution in [0.15, 0.2) is 24.4 Å². The molecule has 0 fully saturated rings. The first-order chi connectivity index (χ1) is 5.33. The summed E-state index contributed by atoms with van der Waals surface area (Å²) in [5.41, 5.74) is 0. The van der Waals surface area contributed by atoms with Gasteiger partial charge in [-0.15, -0.1) is 5.06 Å². The van der Waals surface area contributed by atoms with Crippen molar-refractivity contribution in [2.45, 2.75) is 6.92 Å². The number of hydrogen-bond acceptors (Lipinski definition) is 3. The summed E-state index contributed by atoms with van der Waals surface area (Å²) in [5.74, 6) is 0.636. The standard InChI is InChI=1S/C8H12N2O/c1-3-10(2)11-8-6-4-5-7-9-8/h4-7H,3H2,1-2H3. The molecule has 1 aromatic rings. The molecular weight excluding hydrogens is 140 g/mol. The Bertz CT molecular complexity index is 201. The first kappa shape index (κ1) is 8.01. The van der Waals surface area contributed by atoms with Gasteiger partial charge in [-0.25, -0.2) is 4.98 Å². The van der Waals surface area contributed by atoms with Crippen LogP contribution in [0.4, 0.5) is 0 Å². The second-order valence-corrected chi connectivity index (χ2v) is 2.20. The summed E-state index contributed by atoms with van der Waals surface area (Å²) in [6.07, 6.45) is 1.71. The highest BCUT2D eigenvalue weighted by Crippen LogP contribution is 2.03. The van der Waals surface area contributed by atoms with Gasteiger partial charge in [0.15, 0.2) is 0 Å². The molecule has 0 saturated carbocycles. The molecule has 1 heterocycles. The van der Waals surface area contributed by atoms with Gasteiger partial charge >= 0.3 is 0 Å².